The van der Waals surface area contributed by atoms with Gasteiger partial charge in [-0.2, -0.15) is 5.10 Å². The molecule has 0 aliphatic rings. The predicted molar refractivity (Wildman–Crippen MR) is 76.1 cm³/mol. The average Bonchev–Trinajstić information content (AvgIpc) is 2.67. The number of hydrogen-bond donors (Lipinski definition) is 2. The fraction of sp³-hybridized carbons (Fsp3) is 0.231. The Labute approximate surface area is 116 Å². The molecule has 19 heavy (non-hydrogen) atoms. The van der Waals surface area contributed by atoms with Gasteiger partial charge in [-0.05, 0) is 31.2 Å². The smallest absolute Gasteiger partial charge is 0.123 e. The molecule has 0 atom stereocenters. The molecule has 0 aliphatic carbocycles. The van der Waals surface area contributed by atoms with Crippen LogP contribution in [-0.4, -0.2) is 22.7 Å². The average molecular weight is 276 g/mol. The van der Waals surface area contributed by atoms with Gasteiger partial charge >= 0.3 is 0 Å². The van der Waals surface area contributed by atoms with Crippen LogP contribution >= 0.6 is 11.8 Å². The molecule has 2 aromatic rings. The molecular formula is C13H16N4OS. The summed E-state index contributed by atoms with van der Waals surface area (Å²) in [7, 11) is 3.51. The number of amidine groups is 1. The first-order valence-corrected chi connectivity index (χ1v) is 6.54. The first-order valence-electron chi connectivity index (χ1n) is 5.72. The molecule has 0 amide bonds. The molecule has 1 aromatic carbocycles. The van der Waals surface area contributed by atoms with E-state index in [9.17, 15) is 0 Å². The molecule has 6 heteroatoms. The van der Waals surface area contributed by atoms with Crippen LogP contribution in [-0.2, 0) is 7.05 Å². The summed E-state index contributed by atoms with van der Waals surface area (Å²) in [5.74, 6) is 0.787. The largest absolute Gasteiger partial charge is 0.497 e. The second-order valence-electron chi connectivity index (χ2n) is 4.13. The standard InChI is InChI=1S/C13H16N4OS/c1-8-6-12(17(2)16-8)19-11-7-9(18-3)4-5-10(11)13(14)15/h4-7H,1-3H3,(H3,14,15). The van der Waals surface area contributed by atoms with Crippen LogP contribution in [0.5, 0.6) is 5.75 Å². The SMILES string of the molecule is COc1ccc(C(=N)N)c(Sc2cc(C)nn2C)c1. The maximum absolute atomic E-state index is 7.63. The summed E-state index contributed by atoms with van der Waals surface area (Å²) in [6, 6.07) is 7.47. The lowest BCUT2D eigenvalue weighted by Gasteiger charge is -2.10. The van der Waals surface area contributed by atoms with Crippen molar-refractivity contribution in [2.45, 2.75) is 16.8 Å². The van der Waals surface area contributed by atoms with Gasteiger partial charge in [-0.15, -0.1) is 0 Å². The number of aromatic nitrogens is 2. The van der Waals surface area contributed by atoms with E-state index in [4.69, 9.17) is 15.9 Å². The first kappa shape index (κ1) is 13.5. The van der Waals surface area contributed by atoms with Gasteiger partial charge in [0.05, 0.1) is 17.8 Å². The van der Waals surface area contributed by atoms with Crippen molar-refractivity contribution in [2.24, 2.45) is 12.8 Å². The molecule has 0 radical (unpaired) electrons. The monoisotopic (exact) mass is 276 g/mol. The zero-order chi connectivity index (χ0) is 14.0. The first-order chi connectivity index (χ1) is 9.01. The van der Waals surface area contributed by atoms with Gasteiger partial charge in [0.15, 0.2) is 0 Å². The molecule has 5 nitrogen and oxygen atoms in total. The summed E-state index contributed by atoms with van der Waals surface area (Å²) < 4.78 is 7.02. The lowest BCUT2D eigenvalue weighted by Crippen LogP contribution is -2.12. The molecule has 1 aromatic heterocycles. The second-order valence-corrected chi connectivity index (χ2v) is 5.19. The number of ether oxygens (including phenoxy) is 1. The van der Waals surface area contributed by atoms with Gasteiger partial charge in [0.25, 0.3) is 0 Å². The maximum Gasteiger partial charge on any atom is 0.123 e. The molecule has 2 rings (SSSR count). The van der Waals surface area contributed by atoms with Crippen molar-refractivity contribution in [3.63, 3.8) is 0 Å². The van der Waals surface area contributed by atoms with Crippen LogP contribution < -0.4 is 10.5 Å². The number of methoxy groups -OCH3 is 1. The van der Waals surface area contributed by atoms with E-state index >= 15 is 0 Å². The van der Waals surface area contributed by atoms with Crippen LogP contribution in [0.15, 0.2) is 34.2 Å². The predicted octanol–water partition coefficient (Wildman–Crippen LogP) is 2.17. The van der Waals surface area contributed by atoms with E-state index in [1.54, 1.807) is 19.2 Å². The number of nitrogens with zero attached hydrogens (tertiary/aromatic N) is 2. The van der Waals surface area contributed by atoms with Crippen LogP contribution in [0.2, 0.25) is 0 Å². The van der Waals surface area contributed by atoms with Crippen LogP contribution in [0.25, 0.3) is 0 Å². The molecule has 0 saturated heterocycles. The molecule has 3 N–H and O–H groups in total. The zero-order valence-corrected chi connectivity index (χ0v) is 11.9. The van der Waals surface area contributed by atoms with Crippen molar-refractivity contribution in [1.82, 2.24) is 9.78 Å². The summed E-state index contributed by atoms with van der Waals surface area (Å²) in [6.07, 6.45) is 0. The molecule has 0 spiro atoms. The lowest BCUT2D eigenvalue weighted by atomic mass is 10.2. The summed E-state index contributed by atoms with van der Waals surface area (Å²) in [4.78, 5) is 0.884. The van der Waals surface area contributed by atoms with Crippen LogP contribution in [0, 0.1) is 12.3 Å². The van der Waals surface area contributed by atoms with Gasteiger partial charge in [-0.3, -0.25) is 10.1 Å². The van der Waals surface area contributed by atoms with Crippen LogP contribution in [0.1, 0.15) is 11.3 Å². The van der Waals surface area contributed by atoms with Crippen molar-refractivity contribution in [3.8, 4) is 5.75 Å². The summed E-state index contributed by atoms with van der Waals surface area (Å²) in [5.41, 5.74) is 7.26. The Morgan fingerprint density at radius 3 is 2.68 bits per heavy atom. The number of aryl methyl sites for hydroxylation is 2. The molecule has 0 bridgehead atoms. The summed E-state index contributed by atoms with van der Waals surface area (Å²) >= 11 is 1.52. The number of nitrogens with one attached hydrogen (secondary N) is 1. The molecule has 0 unspecified atom stereocenters. The van der Waals surface area contributed by atoms with Gasteiger partial charge < -0.3 is 10.5 Å². The van der Waals surface area contributed by atoms with Crippen molar-refractivity contribution < 1.29 is 4.74 Å². The third-order valence-corrected chi connectivity index (χ3v) is 3.80. The quantitative estimate of drug-likeness (QED) is 0.663. The van der Waals surface area contributed by atoms with E-state index in [1.807, 2.05) is 30.8 Å². The third-order valence-electron chi connectivity index (χ3n) is 2.65. The second kappa shape index (κ2) is 5.36. The van der Waals surface area contributed by atoms with E-state index in [0.29, 0.717) is 5.56 Å². The van der Waals surface area contributed by atoms with E-state index in [2.05, 4.69) is 5.10 Å². The van der Waals surface area contributed by atoms with Gasteiger partial charge in [0, 0.05) is 17.5 Å². The highest BCUT2D eigenvalue weighted by Crippen LogP contribution is 2.33. The Balaban J connectivity index is 2.42. The Morgan fingerprint density at radius 1 is 1.42 bits per heavy atom. The van der Waals surface area contributed by atoms with Crippen molar-refractivity contribution in [3.05, 3.63) is 35.5 Å². The van der Waals surface area contributed by atoms with E-state index in [-0.39, 0.29) is 5.84 Å². The molecule has 0 saturated carbocycles. The summed E-state index contributed by atoms with van der Waals surface area (Å²) in [5, 5.41) is 12.9. The van der Waals surface area contributed by atoms with E-state index < -0.39 is 0 Å². The normalized spacial score (nSPS) is 10.5. The number of nitrogens with two attached hydrogens (primary N) is 1. The van der Waals surface area contributed by atoms with E-state index in [1.165, 1.54) is 11.8 Å². The molecular weight excluding hydrogens is 260 g/mol. The number of rotatable bonds is 4. The lowest BCUT2D eigenvalue weighted by molar-refractivity contribution is 0.413. The maximum atomic E-state index is 7.63. The Morgan fingerprint density at radius 2 is 2.16 bits per heavy atom. The van der Waals surface area contributed by atoms with Crippen LogP contribution in [0.3, 0.4) is 0 Å². The molecule has 100 valence electrons. The van der Waals surface area contributed by atoms with Gasteiger partial charge in [-0.1, -0.05) is 11.8 Å². The fourth-order valence-electron chi connectivity index (χ4n) is 1.73. The van der Waals surface area contributed by atoms with Crippen molar-refractivity contribution >= 4 is 17.6 Å². The topological polar surface area (TPSA) is 76.9 Å². The van der Waals surface area contributed by atoms with Gasteiger partial charge in [0.2, 0.25) is 0 Å². The van der Waals surface area contributed by atoms with Crippen molar-refractivity contribution in [2.75, 3.05) is 7.11 Å². The molecule has 0 aliphatic heterocycles. The highest BCUT2D eigenvalue weighted by atomic mass is 32.2. The number of hydrogen-bond acceptors (Lipinski definition) is 4. The zero-order valence-electron chi connectivity index (χ0n) is 11.1. The fourth-order valence-corrected chi connectivity index (χ4v) is 2.82. The third kappa shape index (κ3) is 2.90. The minimum atomic E-state index is 0.0454. The highest BCUT2D eigenvalue weighted by Gasteiger charge is 2.11. The molecule has 1 heterocycles. The summed E-state index contributed by atoms with van der Waals surface area (Å²) in [6.45, 7) is 1.95. The number of nitrogen functional groups attached to an aromatic ring is 1. The Kier molecular flexibility index (Phi) is 3.80. The molecule has 0 fully saturated rings. The van der Waals surface area contributed by atoms with Crippen LogP contribution in [0.4, 0.5) is 0 Å². The van der Waals surface area contributed by atoms with Gasteiger partial charge in [-0.25, -0.2) is 0 Å². The number of benzene rings is 1. The van der Waals surface area contributed by atoms with Crippen molar-refractivity contribution in [1.29, 1.82) is 5.41 Å². The van der Waals surface area contributed by atoms with E-state index in [0.717, 1.165) is 21.4 Å². The highest BCUT2D eigenvalue weighted by molar-refractivity contribution is 7.99. The van der Waals surface area contributed by atoms with Gasteiger partial charge in [0.1, 0.15) is 11.6 Å². The Hall–Kier alpha value is -1.95. The minimum Gasteiger partial charge on any atom is -0.497 e. The Bertz CT molecular complexity index is 621. The minimum absolute atomic E-state index is 0.0454.